The van der Waals surface area contributed by atoms with Gasteiger partial charge in [-0.2, -0.15) is 5.10 Å². The Labute approximate surface area is 200 Å². The first kappa shape index (κ1) is 22.1. The lowest BCUT2D eigenvalue weighted by molar-refractivity contribution is 0.252. The molecule has 0 atom stereocenters. The number of fused-ring (bicyclic) bond motifs is 1. The van der Waals surface area contributed by atoms with E-state index in [1.165, 1.54) is 0 Å². The number of piperidine rings is 1. The Morgan fingerprint density at radius 1 is 1.00 bits per heavy atom. The van der Waals surface area contributed by atoms with Crippen LogP contribution in [-0.2, 0) is 7.05 Å². The third kappa shape index (κ3) is 4.65. The molecule has 0 spiro atoms. The maximum atomic E-state index is 4.63. The molecule has 0 radical (unpaired) electrons. The summed E-state index contributed by atoms with van der Waals surface area (Å²) in [6, 6.07) is 13.0. The smallest absolute Gasteiger partial charge is 0.130 e. The fraction of sp³-hybridized carbons (Fsp3) is 0.296. The number of nitrogens with zero attached hydrogens (tertiary/aromatic N) is 6. The molecule has 0 unspecified atom stereocenters. The van der Waals surface area contributed by atoms with Crippen LogP contribution in [0.15, 0.2) is 67.8 Å². The summed E-state index contributed by atoms with van der Waals surface area (Å²) in [6.45, 7) is 6.52. The van der Waals surface area contributed by atoms with Crippen LogP contribution in [0.25, 0.3) is 27.6 Å². The van der Waals surface area contributed by atoms with E-state index in [4.69, 9.17) is 0 Å². The zero-order chi connectivity index (χ0) is 23.7. The summed E-state index contributed by atoms with van der Waals surface area (Å²) >= 11 is 0. The van der Waals surface area contributed by atoms with Gasteiger partial charge < -0.3 is 15.1 Å². The van der Waals surface area contributed by atoms with Crippen molar-refractivity contribution in [3.8, 4) is 11.1 Å². The summed E-state index contributed by atoms with van der Waals surface area (Å²) in [6.07, 6.45) is 9.96. The van der Waals surface area contributed by atoms with Crippen LogP contribution in [0.4, 0.5) is 11.6 Å². The molecular formula is C27H31N7. The average molecular weight is 454 g/mol. The van der Waals surface area contributed by atoms with E-state index >= 15 is 0 Å². The van der Waals surface area contributed by atoms with Gasteiger partial charge in [-0.1, -0.05) is 18.7 Å². The molecule has 0 amide bonds. The summed E-state index contributed by atoms with van der Waals surface area (Å²) < 4.78 is 1.82. The Bertz CT molecular complexity index is 1320. The summed E-state index contributed by atoms with van der Waals surface area (Å²) in [5.41, 5.74) is 4.04. The maximum absolute atomic E-state index is 4.63. The first-order valence-electron chi connectivity index (χ1n) is 11.7. The number of aromatic nitrogens is 4. The predicted octanol–water partition coefficient (Wildman–Crippen LogP) is 4.64. The molecule has 4 aromatic rings. The molecule has 7 heteroatoms. The van der Waals surface area contributed by atoms with E-state index in [-0.39, 0.29) is 0 Å². The van der Waals surface area contributed by atoms with Gasteiger partial charge in [-0.25, -0.2) is 9.97 Å². The van der Waals surface area contributed by atoms with Gasteiger partial charge in [0.2, 0.25) is 0 Å². The number of nitrogens with one attached hydrogen (secondary N) is 1. The molecule has 3 aromatic heterocycles. The van der Waals surface area contributed by atoms with Gasteiger partial charge >= 0.3 is 0 Å². The topological polar surface area (TPSA) is 62.1 Å². The van der Waals surface area contributed by atoms with Crippen LogP contribution in [0.3, 0.4) is 0 Å². The van der Waals surface area contributed by atoms with Gasteiger partial charge in [0.05, 0.1) is 6.20 Å². The lowest BCUT2D eigenvalue weighted by Crippen LogP contribution is -2.42. The monoisotopic (exact) mass is 453 g/mol. The van der Waals surface area contributed by atoms with E-state index in [0.717, 1.165) is 70.7 Å². The SMILES string of the molecule is C=C(Nc1cc2cc(-c3cnn(C)c3)ccc2cn1)c1ccnc(N(C)C2CCN(C)CC2)c1. The lowest BCUT2D eigenvalue weighted by atomic mass is 10.0. The van der Waals surface area contributed by atoms with Crippen molar-refractivity contribution < 1.29 is 0 Å². The Hall–Kier alpha value is -3.71. The Morgan fingerprint density at radius 3 is 2.59 bits per heavy atom. The van der Waals surface area contributed by atoms with E-state index in [9.17, 15) is 0 Å². The molecule has 1 saturated heterocycles. The minimum atomic E-state index is 0.510. The molecule has 34 heavy (non-hydrogen) atoms. The van der Waals surface area contributed by atoms with Gasteiger partial charge in [0.15, 0.2) is 0 Å². The zero-order valence-corrected chi connectivity index (χ0v) is 20.1. The average Bonchev–Trinajstić information content (AvgIpc) is 3.30. The Morgan fingerprint density at radius 2 is 1.82 bits per heavy atom. The fourth-order valence-electron chi connectivity index (χ4n) is 4.55. The van der Waals surface area contributed by atoms with Crippen molar-refractivity contribution >= 4 is 28.1 Å². The van der Waals surface area contributed by atoms with Crippen LogP contribution in [-0.4, -0.2) is 57.9 Å². The molecule has 1 aromatic carbocycles. The van der Waals surface area contributed by atoms with Crippen LogP contribution in [0.5, 0.6) is 0 Å². The van der Waals surface area contributed by atoms with Gasteiger partial charge in [-0.15, -0.1) is 0 Å². The molecule has 0 bridgehead atoms. The van der Waals surface area contributed by atoms with Crippen molar-refractivity contribution in [1.82, 2.24) is 24.6 Å². The molecule has 4 heterocycles. The lowest BCUT2D eigenvalue weighted by Gasteiger charge is -2.35. The molecule has 1 N–H and O–H groups in total. The zero-order valence-electron chi connectivity index (χ0n) is 20.1. The number of anilines is 2. The van der Waals surface area contributed by atoms with E-state index in [1.807, 2.05) is 42.6 Å². The first-order chi connectivity index (χ1) is 16.5. The first-order valence-corrected chi connectivity index (χ1v) is 11.7. The maximum Gasteiger partial charge on any atom is 0.130 e. The highest BCUT2D eigenvalue weighted by Gasteiger charge is 2.21. The van der Waals surface area contributed by atoms with Crippen LogP contribution in [0.2, 0.25) is 0 Å². The third-order valence-electron chi connectivity index (χ3n) is 6.73. The summed E-state index contributed by atoms with van der Waals surface area (Å²) in [7, 11) is 6.26. The number of hydrogen-bond donors (Lipinski definition) is 1. The second kappa shape index (κ2) is 9.27. The van der Waals surface area contributed by atoms with E-state index in [2.05, 4.69) is 81.2 Å². The normalized spacial score (nSPS) is 14.9. The quantitative estimate of drug-likeness (QED) is 0.459. The highest BCUT2D eigenvalue weighted by molar-refractivity contribution is 5.89. The molecule has 1 fully saturated rings. The van der Waals surface area contributed by atoms with E-state index in [0.29, 0.717) is 6.04 Å². The van der Waals surface area contributed by atoms with Crippen molar-refractivity contribution in [2.75, 3.05) is 37.4 Å². The summed E-state index contributed by atoms with van der Waals surface area (Å²) in [5.74, 6) is 1.74. The van der Waals surface area contributed by atoms with Crippen molar-refractivity contribution in [2.24, 2.45) is 7.05 Å². The molecule has 7 nitrogen and oxygen atoms in total. The number of benzene rings is 1. The highest BCUT2D eigenvalue weighted by atomic mass is 15.2. The Kier molecular flexibility index (Phi) is 6.02. The molecular weight excluding hydrogens is 422 g/mol. The van der Waals surface area contributed by atoms with Crippen molar-refractivity contribution in [3.63, 3.8) is 0 Å². The molecule has 1 aliphatic rings. The van der Waals surface area contributed by atoms with Crippen molar-refractivity contribution in [2.45, 2.75) is 18.9 Å². The van der Waals surface area contributed by atoms with Crippen LogP contribution in [0.1, 0.15) is 18.4 Å². The molecule has 0 saturated carbocycles. The van der Waals surface area contributed by atoms with Gasteiger partial charge in [0, 0.05) is 60.9 Å². The number of aryl methyl sites for hydroxylation is 1. The molecule has 5 rings (SSSR count). The fourth-order valence-corrected chi connectivity index (χ4v) is 4.55. The highest BCUT2D eigenvalue weighted by Crippen LogP contribution is 2.27. The number of likely N-dealkylation sites (tertiary alicyclic amines) is 1. The number of rotatable bonds is 6. The number of hydrogen-bond acceptors (Lipinski definition) is 6. The summed E-state index contributed by atoms with van der Waals surface area (Å²) in [5, 5.41) is 9.88. The number of pyridine rings is 2. The molecule has 0 aliphatic carbocycles. The molecule has 174 valence electrons. The Balaban J connectivity index is 1.33. The summed E-state index contributed by atoms with van der Waals surface area (Å²) in [4.78, 5) is 13.9. The second-order valence-electron chi connectivity index (χ2n) is 9.19. The van der Waals surface area contributed by atoms with Gasteiger partial charge in [-0.3, -0.25) is 4.68 Å². The second-order valence-corrected chi connectivity index (χ2v) is 9.19. The van der Waals surface area contributed by atoms with Crippen molar-refractivity contribution in [3.05, 3.63) is 73.3 Å². The van der Waals surface area contributed by atoms with Crippen LogP contribution >= 0.6 is 0 Å². The van der Waals surface area contributed by atoms with Gasteiger partial charge in [0.25, 0.3) is 0 Å². The van der Waals surface area contributed by atoms with Gasteiger partial charge in [-0.05, 0) is 68.2 Å². The minimum Gasteiger partial charge on any atom is -0.357 e. The van der Waals surface area contributed by atoms with E-state index < -0.39 is 0 Å². The van der Waals surface area contributed by atoms with Crippen LogP contribution < -0.4 is 10.2 Å². The minimum absolute atomic E-state index is 0.510. The largest absolute Gasteiger partial charge is 0.357 e. The van der Waals surface area contributed by atoms with Crippen LogP contribution in [0, 0.1) is 0 Å². The predicted molar refractivity (Wildman–Crippen MR) is 140 cm³/mol. The standard InChI is InChI=1S/C27H31N7/c1-19(20-7-10-28-27(15-20)34(4)25-8-11-32(2)12-9-25)31-26-14-23-13-21(5-6-22(23)16-29-26)24-17-30-33(3)18-24/h5-7,10,13-18,25H,1,8-9,11-12H2,2-4H3,(H,29,31). The third-order valence-corrected chi connectivity index (χ3v) is 6.73. The van der Waals surface area contributed by atoms with Gasteiger partial charge in [0.1, 0.15) is 11.6 Å². The van der Waals surface area contributed by atoms with Crippen molar-refractivity contribution in [1.29, 1.82) is 0 Å². The van der Waals surface area contributed by atoms with E-state index in [1.54, 1.807) is 0 Å². The molecule has 1 aliphatic heterocycles.